The summed E-state index contributed by atoms with van der Waals surface area (Å²) in [6, 6.07) is 10.7. The SMILES string of the molecule is COc1cc(C(=O)Nc2cccc(OC3CCCC3)c2)cc(OC)c1OC. The molecule has 3 rings (SSSR count). The second-order valence-corrected chi connectivity index (χ2v) is 6.42. The zero-order valence-electron chi connectivity index (χ0n) is 15.9. The molecule has 27 heavy (non-hydrogen) atoms. The van der Waals surface area contributed by atoms with Crippen LogP contribution in [-0.4, -0.2) is 33.3 Å². The number of carbonyl (C=O) groups excluding carboxylic acids is 1. The van der Waals surface area contributed by atoms with Gasteiger partial charge in [0, 0.05) is 17.3 Å². The van der Waals surface area contributed by atoms with E-state index in [1.54, 1.807) is 12.1 Å². The number of carbonyl (C=O) groups is 1. The number of hydrogen-bond donors (Lipinski definition) is 1. The lowest BCUT2D eigenvalue weighted by atomic mass is 10.1. The van der Waals surface area contributed by atoms with Crippen LogP contribution in [0, 0.1) is 0 Å². The molecule has 0 spiro atoms. The number of ether oxygens (including phenoxy) is 4. The standard InChI is InChI=1S/C21H25NO5/c1-24-18-11-14(12-19(25-2)20(18)26-3)21(23)22-15-7-6-10-17(13-15)27-16-8-4-5-9-16/h6-7,10-13,16H,4-5,8-9H2,1-3H3,(H,22,23). The minimum atomic E-state index is -0.271. The van der Waals surface area contributed by atoms with Crippen LogP contribution >= 0.6 is 0 Å². The number of methoxy groups -OCH3 is 3. The van der Waals surface area contributed by atoms with Crippen molar-refractivity contribution in [3.8, 4) is 23.0 Å². The van der Waals surface area contributed by atoms with Crippen molar-refractivity contribution >= 4 is 11.6 Å². The van der Waals surface area contributed by atoms with Gasteiger partial charge in [-0.3, -0.25) is 4.79 Å². The van der Waals surface area contributed by atoms with E-state index in [2.05, 4.69) is 5.32 Å². The van der Waals surface area contributed by atoms with Crippen LogP contribution in [0.15, 0.2) is 36.4 Å². The molecule has 2 aromatic carbocycles. The Kier molecular flexibility index (Phi) is 6.06. The smallest absolute Gasteiger partial charge is 0.255 e. The van der Waals surface area contributed by atoms with E-state index >= 15 is 0 Å². The maximum absolute atomic E-state index is 12.7. The molecule has 2 aromatic rings. The summed E-state index contributed by atoms with van der Waals surface area (Å²) in [6.07, 6.45) is 4.86. The molecular formula is C21H25NO5. The van der Waals surface area contributed by atoms with Crippen LogP contribution in [0.5, 0.6) is 23.0 Å². The van der Waals surface area contributed by atoms with Crippen molar-refractivity contribution in [2.24, 2.45) is 0 Å². The van der Waals surface area contributed by atoms with E-state index in [1.165, 1.54) is 34.2 Å². The summed E-state index contributed by atoms with van der Waals surface area (Å²) in [4.78, 5) is 12.7. The number of benzene rings is 2. The fourth-order valence-electron chi connectivity index (χ4n) is 3.26. The van der Waals surface area contributed by atoms with Gasteiger partial charge < -0.3 is 24.3 Å². The van der Waals surface area contributed by atoms with Gasteiger partial charge in [0.15, 0.2) is 11.5 Å². The molecule has 144 valence electrons. The first-order valence-electron chi connectivity index (χ1n) is 9.02. The molecule has 1 aliphatic carbocycles. The van der Waals surface area contributed by atoms with Crippen molar-refractivity contribution in [3.05, 3.63) is 42.0 Å². The molecule has 0 unspecified atom stereocenters. The predicted octanol–water partition coefficient (Wildman–Crippen LogP) is 4.29. The van der Waals surface area contributed by atoms with Crippen LogP contribution in [0.2, 0.25) is 0 Å². The fourth-order valence-corrected chi connectivity index (χ4v) is 3.26. The lowest BCUT2D eigenvalue weighted by Crippen LogP contribution is -2.14. The van der Waals surface area contributed by atoms with E-state index in [0.29, 0.717) is 28.5 Å². The molecule has 0 aliphatic heterocycles. The zero-order valence-corrected chi connectivity index (χ0v) is 15.9. The summed E-state index contributed by atoms with van der Waals surface area (Å²) in [5, 5.41) is 2.89. The van der Waals surface area contributed by atoms with Crippen LogP contribution in [0.4, 0.5) is 5.69 Å². The lowest BCUT2D eigenvalue weighted by molar-refractivity contribution is 0.102. The predicted molar refractivity (Wildman–Crippen MR) is 103 cm³/mol. The van der Waals surface area contributed by atoms with Crippen LogP contribution in [0.25, 0.3) is 0 Å². The maximum atomic E-state index is 12.7. The molecule has 1 N–H and O–H groups in total. The quantitative estimate of drug-likeness (QED) is 0.787. The largest absolute Gasteiger partial charge is 0.493 e. The molecule has 0 bridgehead atoms. The van der Waals surface area contributed by atoms with Crippen molar-refractivity contribution in [2.45, 2.75) is 31.8 Å². The number of amides is 1. The summed E-state index contributed by atoms with van der Waals surface area (Å²) >= 11 is 0. The van der Waals surface area contributed by atoms with E-state index in [9.17, 15) is 4.79 Å². The lowest BCUT2D eigenvalue weighted by Gasteiger charge is -2.15. The normalized spacial score (nSPS) is 13.9. The molecular weight excluding hydrogens is 346 g/mol. The van der Waals surface area contributed by atoms with Gasteiger partial charge in [0.05, 0.1) is 27.4 Å². The van der Waals surface area contributed by atoms with Crippen molar-refractivity contribution in [1.29, 1.82) is 0 Å². The molecule has 6 nitrogen and oxygen atoms in total. The maximum Gasteiger partial charge on any atom is 0.255 e. The van der Waals surface area contributed by atoms with Crippen molar-refractivity contribution < 1.29 is 23.7 Å². The first-order chi connectivity index (χ1) is 13.1. The van der Waals surface area contributed by atoms with Crippen molar-refractivity contribution in [3.63, 3.8) is 0 Å². The molecule has 0 atom stereocenters. The topological polar surface area (TPSA) is 66.0 Å². The highest BCUT2D eigenvalue weighted by atomic mass is 16.5. The summed E-state index contributed by atoms with van der Waals surface area (Å²) < 4.78 is 21.9. The molecule has 1 amide bonds. The summed E-state index contributed by atoms with van der Waals surface area (Å²) in [5.74, 6) is 1.81. The van der Waals surface area contributed by atoms with Crippen LogP contribution in [-0.2, 0) is 0 Å². The molecule has 0 aromatic heterocycles. The van der Waals surface area contributed by atoms with E-state index in [1.807, 2.05) is 24.3 Å². The van der Waals surface area contributed by atoms with Gasteiger partial charge in [-0.2, -0.15) is 0 Å². The number of rotatable bonds is 7. The first kappa shape index (κ1) is 18.9. The average molecular weight is 371 g/mol. The summed E-state index contributed by atoms with van der Waals surface area (Å²) in [6.45, 7) is 0. The number of nitrogens with one attached hydrogen (secondary N) is 1. The number of hydrogen-bond acceptors (Lipinski definition) is 5. The van der Waals surface area contributed by atoms with Crippen LogP contribution in [0.3, 0.4) is 0 Å². The molecule has 0 saturated heterocycles. The number of anilines is 1. The summed E-state index contributed by atoms with van der Waals surface area (Å²) in [5.41, 5.74) is 1.08. The van der Waals surface area contributed by atoms with Gasteiger partial charge in [-0.15, -0.1) is 0 Å². The van der Waals surface area contributed by atoms with Crippen molar-refractivity contribution in [2.75, 3.05) is 26.6 Å². The van der Waals surface area contributed by atoms with E-state index in [4.69, 9.17) is 18.9 Å². The first-order valence-corrected chi connectivity index (χ1v) is 9.02. The van der Waals surface area contributed by atoms with E-state index in [0.717, 1.165) is 18.6 Å². The molecule has 0 radical (unpaired) electrons. The second kappa shape index (κ2) is 8.66. The highest BCUT2D eigenvalue weighted by molar-refractivity contribution is 6.05. The summed E-state index contributed by atoms with van der Waals surface area (Å²) in [7, 11) is 4.56. The van der Waals surface area contributed by atoms with Gasteiger partial charge in [0.2, 0.25) is 5.75 Å². The molecule has 1 fully saturated rings. The third-order valence-corrected chi connectivity index (χ3v) is 4.62. The molecule has 1 saturated carbocycles. The van der Waals surface area contributed by atoms with E-state index in [-0.39, 0.29) is 12.0 Å². The monoisotopic (exact) mass is 371 g/mol. The van der Waals surface area contributed by atoms with Gasteiger partial charge in [-0.1, -0.05) is 6.07 Å². The van der Waals surface area contributed by atoms with Gasteiger partial charge in [-0.25, -0.2) is 0 Å². The Morgan fingerprint density at radius 2 is 1.63 bits per heavy atom. The van der Waals surface area contributed by atoms with Crippen LogP contribution in [0.1, 0.15) is 36.0 Å². The highest BCUT2D eigenvalue weighted by Gasteiger charge is 2.18. The van der Waals surface area contributed by atoms with Gasteiger partial charge in [-0.05, 0) is 49.9 Å². The fraction of sp³-hybridized carbons (Fsp3) is 0.381. The molecule has 1 aliphatic rings. The van der Waals surface area contributed by atoms with E-state index < -0.39 is 0 Å². The van der Waals surface area contributed by atoms with Gasteiger partial charge in [0.25, 0.3) is 5.91 Å². The minimum absolute atomic E-state index is 0.270. The van der Waals surface area contributed by atoms with Crippen LogP contribution < -0.4 is 24.3 Å². The van der Waals surface area contributed by atoms with Crippen molar-refractivity contribution in [1.82, 2.24) is 0 Å². The second-order valence-electron chi connectivity index (χ2n) is 6.42. The third-order valence-electron chi connectivity index (χ3n) is 4.62. The molecule has 6 heteroatoms. The Balaban J connectivity index is 1.77. The third kappa shape index (κ3) is 4.45. The Labute approximate surface area is 159 Å². The average Bonchev–Trinajstić information content (AvgIpc) is 3.19. The van der Waals surface area contributed by atoms with Gasteiger partial charge in [0.1, 0.15) is 5.75 Å². The minimum Gasteiger partial charge on any atom is -0.493 e. The molecule has 0 heterocycles. The Morgan fingerprint density at radius 1 is 0.963 bits per heavy atom. The zero-order chi connectivity index (χ0) is 19.2. The Morgan fingerprint density at radius 3 is 2.22 bits per heavy atom. The highest BCUT2D eigenvalue weighted by Crippen LogP contribution is 2.38. The Bertz CT molecular complexity index is 774. The Hall–Kier alpha value is -2.89. The van der Waals surface area contributed by atoms with Gasteiger partial charge >= 0.3 is 0 Å².